The molecule has 88 valence electrons. The smallest absolute Gasteiger partial charge is 0.237 e. The molecule has 0 aliphatic carbocycles. The molecule has 0 saturated heterocycles. The molecule has 0 atom stereocenters. The van der Waals surface area contributed by atoms with Gasteiger partial charge in [0.15, 0.2) is 0 Å². The molecule has 0 radical (unpaired) electrons. The molecule has 0 fully saturated rings. The van der Waals surface area contributed by atoms with Gasteiger partial charge in [0.2, 0.25) is 5.88 Å². The Balaban J connectivity index is 2.16. The highest BCUT2D eigenvalue weighted by Crippen LogP contribution is 2.21. The van der Waals surface area contributed by atoms with Crippen LogP contribution in [0.5, 0.6) is 11.6 Å². The van der Waals surface area contributed by atoms with Gasteiger partial charge in [0.1, 0.15) is 11.6 Å². The highest BCUT2D eigenvalue weighted by Gasteiger charge is 2.02. The van der Waals surface area contributed by atoms with Crippen molar-refractivity contribution < 1.29 is 9.13 Å². The van der Waals surface area contributed by atoms with E-state index in [2.05, 4.69) is 9.97 Å². The van der Waals surface area contributed by atoms with Gasteiger partial charge < -0.3 is 10.5 Å². The van der Waals surface area contributed by atoms with Crippen molar-refractivity contribution in [3.8, 4) is 11.6 Å². The Bertz CT molecular complexity index is 514. The molecule has 0 unspecified atom stereocenters. The summed E-state index contributed by atoms with van der Waals surface area (Å²) in [5.74, 6) is 0.619. The zero-order valence-electron chi connectivity index (χ0n) is 9.35. The van der Waals surface area contributed by atoms with Crippen molar-refractivity contribution in [2.45, 2.75) is 13.5 Å². The fraction of sp³-hybridized carbons (Fsp3) is 0.167. The first kappa shape index (κ1) is 11.5. The quantitative estimate of drug-likeness (QED) is 0.882. The zero-order valence-corrected chi connectivity index (χ0v) is 9.35. The molecule has 5 heteroatoms. The molecule has 4 nitrogen and oxygen atoms in total. The first-order valence-corrected chi connectivity index (χ1v) is 5.14. The average molecular weight is 233 g/mol. The van der Waals surface area contributed by atoms with Gasteiger partial charge in [-0.15, -0.1) is 0 Å². The number of nitrogens with zero attached hydrogens (tertiary/aromatic N) is 2. The van der Waals surface area contributed by atoms with Crippen LogP contribution in [-0.4, -0.2) is 9.97 Å². The number of nitrogens with two attached hydrogens (primary N) is 1. The lowest BCUT2D eigenvalue weighted by Gasteiger charge is -2.05. The van der Waals surface area contributed by atoms with Crippen LogP contribution in [0.4, 0.5) is 4.39 Å². The predicted molar refractivity (Wildman–Crippen MR) is 61.1 cm³/mol. The van der Waals surface area contributed by atoms with E-state index in [4.69, 9.17) is 10.5 Å². The Morgan fingerprint density at radius 1 is 1.29 bits per heavy atom. The van der Waals surface area contributed by atoms with Crippen LogP contribution in [0, 0.1) is 12.7 Å². The molecule has 1 aromatic heterocycles. The van der Waals surface area contributed by atoms with Crippen LogP contribution in [-0.2, 0) is 6.54 Å². The van der Waals surface area contributed by atoms with Crippen LogP contribution < -0.4 is 10.5 Å². The van der Waals surface area contributed by atoms with Crippen LogP contribution in [0.15, 0.2) is 30.6 Å². The normalized spacial score (nSPS) is 10.3. The molecule has 0 aliphatic rings. The van der Waals surface area contributed by atoms with Gasteiger partial charge in [-0.2, -0.15) is 0 Å². The van der Waals surface area contributed by atoms with E-state index >= 15 is 0 Å². The van der Waals surface area contributed by atoms with Gasteiger partial charge >= 0.3 is 0 Å². The summed E-state index contributed by atoms with van der Waals surface area (Å²) in [5, 5.41) is 0. The third kappa shape index (κ3) is 2.76. The average Bonchev–Trinajstić information content (AvgIpc) is 2.35. The maximum atomic E-state index is 13.0. The molecule has 1 aromatic carbocycles. The van der Waals surface area contributed by atoms with Gasteiger partial charge in [-0.1, -0.05) is 0 Å². The lowest BCUT2D eigenvalue weighted by Crippen LogP contribution is -2.00. The molecule has 2 N–H and O–H groups in total. The van der Waals surface area contributed by atoms with Gasteiger partial charge in [-0.05, 0) is 30.7 Å². The number of rotatable bonds is 3. The van der Waals surface area contributed by atoms with E-state index in [0.29, 0.717) is 29.4 Å². The summed E-state index contributed by atoms with van der Waals surface area (Å²) in [6.07, 6.45) is 3.03. The van der Waals surface area contributed by atoms with E-state index in [1.54, 1.807) is 25.3 Å². The summed E-state index contributed by atoms with van der Waals surface area (Å²) in [7, 11) is 0. The second-order valence-electron chi connectivity index (χ2n) is 3.56. The number of halogens is 1. The molecule has 2 rings (SSSR count). The Morgan fingerprint density at radius 2 is 2.12 bits per heavy atom. The number of hydrogen-bond acceptors (Lipinski definition) is 4. The third-order valence-corrected chi connectivity index (χ3v) is 2.24. The minimum Gasteiger partial charge on any atom is -0.437 e. The summed E-state index contributed by atoms with van der Waals surface area (Å²) in [6, 6.07) is 4.50. The first-order valence-electron chi connectivity index (χ1n) is 5.14. The number of benzene rings is 1. The lowest BCUT2D eigenvalue weighted by molar-refractivity contribution is 0.457. The molecule has 0 bridgehead atoms. The minimum atomic E-state index is -0.262. The van der Waals surface area contributed by atoms with Gasteiger partial charge in [-0.3, -0.25) is 4.98 Å². The number of aryl methyl sites for hydroxylation is 1. The van der Waals surface area contributed by atoms with Crippen molar-refractivity contribution in [1.29, 1.82) is 0 Å². The number of aromatic nitrogens is 2. The molecule has 0 amide bonds. The Hall–Kier alpha value is -2.01. The Morgan fingerprint density at radius 3 is 2.71 bits per heavy atom. The van der Waals surface area contributed by atoms with Crippen molar-refractivity contribution in [3.05, 3.63) is 47.7 Å². The molecule has 17 heavy (non-hydrogen) atoms. The standard InChI is InChI=1S/C12H12FN3O/c1-8-4-10(2-3-11(8)13)17-12-7-15-9(5-14)6-16-12/h2-4,6-7H,5,14H2,1H3. The van der Waals surface area contributed by atoms with Crippen LogP contribution in [0.2, 0.25) is 0 Å². The van der Waals surface area contributed by atoms with Crippen LogP contribution in [0.3, 0.4) is 0 Å². The Kier molecular flexibility index (Phi) is 3.30. The maximum absolute atomic E-state index is 13.0. The van der Waals surface area contributed by atoms with Crippen molar-refractivity contribution in [3.63, 3.8) is 0 Å². The van der Waals surface area contributed by atoms with E-state index < -0.39 is 0 Å². The molecule has 0 saturated carbocycles. The second-order valence-corrected chi connectivity index (χ2v) is 3.56. The third-order valence-electron chi connectivity index (χ3n) is 2.24. The highest BCUT2D eigenvalue weighted by atomic mass is 19.1. The summed E-state index contributed by atoms with van der Waals surface area (Å²) in [5.41, 5.74) is 6.61. The maximum Gasteiger partial charge on any atom is 0.237 e. The lowest BCUT2D eigenvalue weighted by atomic mass is 10.2. The van der Waals surface area contributed by atoms with Gasteiger partial charge in [0, 0.05) is 6.54 Å². The molecule has 0 aliphatic heterocycles. The van der Waals surface area contributed by atoms with E-state index in [1.807, 2.05) is 0 Å². The largest absolute Gasteiger partial charge is 0.437 e. The molecular formula is C12H12FN3O. The molecule has 2 aromatic rings. The molecule has 1 heterocycles. The number of hydrogen-bond donors (Lipinski definition) is 1. The zero-order chi connectivity index (χ0) is 12.3. The van der Waals surface area contributed by atoms with Gasteiger partial charge in [0.25, 0.3) is 0 Å². The number of ether oxygens (including phenoxy) is 1. The molecule has 0 spiro atoms. The fourth-order valence-corrected chi connectivity index (χ4v) is 1.30. The topological polar surface area (TPSA) is 61.0 Å². The summed E-state index contributed by atoms with van der Waals surface area (Å²) >= 11 is 0. The molecular weight excluding hydrogens is 221 g/mol. The van der Waals surface area contributed by atoms with Crippen LogP contribution >= 0.6 is 0 Å². The van der Waals surface area contributed by atoms with Gasteiger partial charge in [-0.25, -0.2) is 9.37 Å². The van der Waals surface area contributed by atoms with Crippen molar-refractivity contribution in [2.75, 3.05) is 0 Å². The van der Waals surface area contributed by atoms with E-state index in [0.717, 1.165) is 0 Å². The minimum absolute atomic E-state index is 0.262. The predicted octanol–water partition coefficient (Wildman–Crippen LogP) is 2.18. The van der Waals surface area contributed by atoms with E-state index in [1.165, 1.54) is 12.3 Å². The summed E-state index contributed by atoms with van der Waals surface area (Å²) < 4.78 is 18.5. The monoisotopic (exact) mass is 233 g/mol. The second kappa shape index (κ2) is 4.88. The van der Waals surface area contributed by atoms with Crippen LogP contribution in [0.1, 0.15) is 11.3 Å². The Labute approximate surface area is 98.3 Å². The van der Waals surface area contributed by atoms with E-state index in [-0.39, 0.29) is 5.82 Å². The van der Waals surface area contributed by atoms with Crippen molar-refractivity contribution in [1.82, 2.24) is 9.97 Å². The van der Waals surface area contributed by atoms with Crippen LogP contribution in [0.25, 0.3) is 0 Å². The van der Waals surface area contributed by atoms with E-state index in [9.17, 15) is 4.39 Å². The van der Waals surface area contributed by atoms with Crippen molar-refractivity contribution >= 4 is 0 Å². The fourth-order valence-electron chi connectivity index (χ4n) is 1.30. The summed E-state index contributed by atoms with van der Waals surface area (Å²) in [4.78, 5) is 8.09. The summed E-state index contributed by atoms with van der Waals surface area (Å²) in [6.45, 7) is 2.01. The van der Waals surface area contributed by atoms with Crippen molar-refractivity contribution in [2.24, 2.45) is 5.73 Å². The SMILES string of the molecule is Cc1cc(Oc2cnc(CN)cn2)ccc1F. The van der Waals surface area contributed by atoms with Gasteiger partial charge in [0.05, 0.1) is 18.1 Å². The first-order chi connectivity index (χ1) is 8.19. The highest BCUT2D eigenvalue weighted by molar-refractivity contribution is 5.31.